The third-order valence-electron chi connectivity index (χ3n) is 5.29. The molecule has 0 aliphatic carbocycles. The van der Waals surface area contributed by atoms with E-state index in [1.54, 1.807) is 7.11 Å². The van der Waals surface area contributed by atoms with E-state index >= 15 is 0 Å². The Morgan fingerprint density at radius 2 is 2.00 bits per heavy atom. The second kappa shape index (κ2) is 7.38. The number of nitrogens with zero attached hydrogens (tertiary/aromatic N) is 1. The zero-order valence-corrected chi connectivity index (χ0v) is 15.1. The first-order chi connectivity index (χ1) is 12.7. The molecule has 0 saturated carbocycles. The third kappa shape index (κ3) is 3.53. The number of amides is 2. The molecule has 4 rings (SSSR count). The number of nitrogens with one attached hydrogen (secondary N) is 2. The van der Waals surface area contributed by atoms with Crippen molar-refractivity contribution in [3.8, 4) is 0 Å². The van der Waals surface area contributed by atoms with Gasteiger partial charge in [-0.25, -0.2) is 4.79 Å². The Bertz CT molecular complexity index is 806. The Labute approximate surface area is 154 Å². The van der Waals surface area contributed by atoms with Crippen LogP contribution in [0, 0.1) is 5.92 Å². The molecule has 2 aromatic carbocycles. The van der Waals surface area contributed by atoms with E-state index in [9.17, 15) is 4.79 Å². The van der Waals surface area contributed by atoms with Crippen molar-refractivity contribution in [2.24, 2.45) is 5.92 Å². The summed E-state index contributed by atoms with van der Waals surface area (Å²) in [5.41, 5.74) is 5.66. The van der Waals surface area contributed by atoms with Gasteiger partial charge in [-0.2, -0.15) is 0 Å². The Balaban J connectivity index is 1.46. The number of methoxy groups -OCH3 is 1. The average Bonchev–Trinajstić information content (AvgIpc) is 3.03. The number of ether oxygens (including phenoxy) is 1. The highest BCUT2D eigenvalue weighted by atomic mass is 16.5. The molecule has 5 heteroatoms. The van der Waals surface area contributed by atoms with Crippen LogP contribution in [0.4, 0.5) is 21.9 Å². The Morgan fingerprint density at radius 1 is 1.19 bits per heavy atom. The first-order valence-corrected chi connectivity index (χ1v) is 9.25. The first-order valence-electron chi connectivity index (χ1n) is 9.25. The molecule has 2 aliphatic rings. The van der Waals surface area contributed by atoms with Crippen molar-refractivity contribution in [3.05, 3.63) is 53.6 Å². The molecular weight excluding hydrogens is 326 g/mol. The van der Waals surface area contributed by atoms with Crippen molar-refractivity contribution in [3.63, 3.8) is 0 Å². The lowest BCUT2D eigenvalue weighted by atomic mass is 10.0. The number of carbonyl (C=O) groups excluding carboxylic acids is 1. The van der Waals surface area contributed by atoms with Gasteiger partial charge in [-0.15, -0.1) is 0 Å². The first kappa shape index (κ1) is 16.9. The number of aryl methyl sites for hydroxylation is 2. The summed E-state index contributed by atoms with van der Waals surface area (Å²) in [6.45, 7) is 2.26. The largest absolute Gasteiger partial charge is 0.384 e. The molecule has 26 heavy (non-hydrogen) atoms. The van der Waals surface area contributed by atoms with Gasteiger partial charge < -0.3 is 20.3 Å². The van der Waals surface area contributed by atoms with E-state index in [2.05, 4.69) is 34.9 Å². The predicted molar refractivity (Wildman–Crippen MR) is 104 cm³/mol. The molecule has 0 aromatic heterocycles. The van der Waals surface area contributed by atoms with Crippen molar-refractivity contribution in [1.82, 2.24) is 4.90 Å². The molecule has 5 nitrogen and oxygen atoms in total. The highest BCUT2D eigenvalue weighted by Gasteiger charge is 2.26. The minimum Gasteiger partial charge on any atom is -0.384 e. The number of anilines is 3. The summed E-state index contributed by atoms with van der Waals surface area (Å²) >= 11 is 0. The topological polar surface area (TPSA) is 53.6 Å². The minimum atomic E-state index is -0.0300. The van der Waals surface area contributed by atoms with Gasteiger partial charge in [0.15, 0.2) is 0 Å². The van der Waals surface area contributed by atoms with Crippen molar-refractivity contribution >= 4 is 23.1 Å². The maximum Gasteiger partial charge on any atom is 0.321 e. The van der Waals surface area contributed by atoms with Crippen LogP contribution in [0.2, 0.25) is 0 Å². The fourth-order valence-electron chi connectivity index (χ4n) is 3.85. The van der Waals surface area contributed by atoms with Crippen LogP contribution < -0.4 is 10.6 Å². The smallest absolute Gasteiger partial charge is 0.321 e. The summed E-state index contributed by atoms with van der Waals surface area (Å²) in [5.74, 6) is 0.441. The van der Waals surface area contributed by atoms with Crippen LogP contribution in [-0.2, 0) is 17.6 Å². The molecule has 136 valence electrons. The van der Waals surface area contributed by atoms with Crippen molar-refractivity contribution < 1.29 is 9.53 Å². The van der Waals surface area contributed by atoms with Crippen LogP contribution in [-0.4, -0.2) is 37.7 Å². The molecule has 0 spiro atoms. The molecule has 2 heterocycles. The number of hydrogen-bond acceptors (Lipinski definition) is 3. The molecule has 0 radical (unpaired) electrons. The van der Waals surface area contributed by atoms with Crippen LogP contribution >= 0.6 is 0 Å². The van der Waals surface area contributed by atoms with Crippen LogP contribution in [0.3, 0.4) is 0 Å². The number of benzene rings is 2. The highest BCUT2D eigenvalue weighted by molar-refractivity contribution is 5.90. The van der Waals surface area contributed by atoms with Gasteiger partial charge >= 0.3 is 6.03 Å². The molecule has 1 unspecified atom stereocenters. The van der Waals surface area contributed by atoms with Gasteiger partial charge in [0, 0.05) is 43.2 Å². The fraction of sp³-hybridized carbons (Fsp3) is 0.381. The quantitative estimate of drug-likeness (QED) is 0.878. The summed E-state index contributed by atoms with van der Waals surface area (Å²) in [6.07, 6.45) is 3.03. The summed E-state index contributed by atoms with van der Waals surface area (Å²) < 4.78 is 5.21. The second-order valence-electron chi connectivity index (χ2n) is 7.14. The lowest BCUT2D eigenvalue weighted by Gasteiger charge is -2.18. The van der Waals surface area contributed by atoms with E-state index in [1.165, 1.54) is 11.1 Å². The van der Waals surface area contributed by atoms with Gasteiger partial charge in [0.25, 0.3) is 0 Å². The van der Waals surface area contributed by atoms with E-state index in [1.807, 2.05) is 23.1 Å². The monoisotopic (exact) mass is 351 g/mol. The molecule has 0 bridgehead atoms. The van der Waals surface area contributed by atoms with Gasteiger partial charge in [0.2, 0.25) is 0 Å². The van der Waals surface area contributed by atoms with E-state index in [-0.39, 0.29) is 6.03 Å². The summed E-state index contributed by atoms with van der Waals surface area (Å²) in [7, 11) is 1.71. The average molecular weight is 351 g/mol. The predicted octanol–water partition coefficient (Wildman–Crippen LogP) is 4.03. The number of carbonyl (C=O) groups is 1. The van der Waals surface area contributed by atoms with Crippen molar-refractivity contribution in [1.29, 1.82) is 0 Å². The molecule has 1 fully saturated rings. The van der Waals surface area contributed by atoms with Crippen LogP contribution in [0.15, 0.2) is 42.5 Å². The van der Waals surface area contributed by atoms with Crippen molar-refractivity contribution in [2.45, 2.75) is 19.3 Å². The Hall–Kier alpha value is -2.53. The maximum absolute atomic E-state index is 12.6. The number of fused-ring (bicyclic) bond motifs is 2. The van der Waals surface area contributed by atoms with Crippen LogP contribution in [0.25, 0.3) is 0 Å². The maximum atomic E-state index is 12.6. The van der Waals surface area contributed by atoms with Gasteiger partial charge in [-0.05, 0) is 48.6 Å². The van der Waals surface area contributed by atoms with Crippen molar-refractivity contribution in [2.75, 3.05) is 37.4 Å². The van der Waals surface area contributed by atoms with Gasteiger partial charge in [-0.1, -0.05) is 24.3 Å². The zero-order chi connectivity index (χ0) is 17.9. The molecule has 2 aliphatic heterocycles. The van der Waals surface area contributed by atoms with E-state index in [4.69, 9.17) is 4.74 Å². The summed E-state index contributed by atoms with van der Waals surface area (Å²) in [6, 6.07) is 14.5. The normalized spacial score (nSPS) is 18.5. The standard InChI is InChI=1S/C21H25N3O2/c1-26-14-15-10-11-24(13-15)21(25)22-18-9-8-17-7-6-16-4-2-3-5-19(16)23-20(17)12-18/h2-5,8-9,12,15,23H,6-7,10-11,13-14H2,1H3,(H,22,25). The second-order valence-corrected chi connectivity index (χ2v) is 7.14. The third-order valence-corrected chi connectivity index (χ3v) is 5.29. The van der Waals surface area contributed by atoms with E-state index in [0.29, 0.717) is 12.5 Å². The zero-order valence-electron chi connectivity index (χ0n) is 15.1. The highest BCUT2D eigenvalue weighted by Crippen LogP contribution is 2.32. The molecule has 2 N–H and O–H groups in total. The fourth-order valence-corrected chi connectivity index (χ4v) is 3.85. The van der Waals surface area contributed by atoms with E-state index < -0.39 is 0 Å². The van der Waals surface area contributed by atoms with Crippen LogP contribution in [0.1, 0.15) is 17.5 Å². The number of rotatable bonds is 3. The molecule has 2 aromatic rings. The SMILES string of the molecule is COCC1CCN(C(=O)Nc2ccc3c(c2)Nc2ccccc2CC3)C1. The van der Waals surface area contributed by atoms with Gasteiger partial charge in [-0.3, -0.25) is 0 Å². The number of likely N-dealkylation sites (tertiary alicyclic amines) is 1. The Morgan fingerprint density at radius 3 is 2.85 bits per heavy atom. The summed E-state index contributed by atoms with van der Waals surface area (Å²) in [4.78, 5) is 14.4. The van der Waals surface area contributed by atoms with Gasteiger partial charge in [0.1, 0.15) is 0 Å². The van der Waals surface area contributed by atoms with Gasteiger partial charge in [0.05, 0.1) is 6.61 Å². The lowest BCUT2D eigenvalue weighted by Crippen LogP contribution is -2.33. The molecule has 1 atom stereocenters. The van der Waals surface area contributed by atoms with Crippen LogP contribution in [0.5, 0.6) is 0 Å². The number of hydrogen-bond donors (Lipinski definition) is 2. The molecule has 1 saturated heterocycles. The molecular formula is C21H25N3O2. The number of para-hydroxylation sites is 1. The number of urea groups is 1. The Kier molecular flexibility index (Phi) is 4.80. The van der Waals surface area contributed by atoms with E-state index in [0.717, 1.165) is 49.4 Å². The lowest BCUT2D eigenvalue weighted by molar-refractivity contribution is 0.154. The summed E-state index contributed by atoms with van der Waals surface area (Å²) in [5, 5.41) is 6.58. The molecule has 2 amide bonds. The minimum absolute atomic E-state index is 0.0300.